The van der Waals surface area contributed by atoms with Gasteiger partial charge in [-0.25, -0.2) is 0 Å². The predicted octanol–water partition coefficient (Wildman–Crippen LogP) is 2.58. The minimum absolute atomic E-state index is 0.156. The van der Waals surface area contributed by atoms with Crippen molar-refractivity contribution in [3.8, 4) is 11.3 Å². The molecule has 1 atom stereocenters. The van der Waals surface area contributed by atoms with Gasteiger partial charge in [0.2, 0.25) is 0 Å². The Morgan fingerprint density at radius 2 is 2.00 bits per heavy atom. The number of nitrogens with one attached hydrogen (secondary N) is 1. The summed E-state index contributed by atoms with van der Waals surface area (Å²) in [5.74, 6) is 0. The number of aromatic amines is 1. The van der Waals surface area contributed by atoms with Crippen LogP contribution >= 0.6 is 0 Å². The Kier molecular flexibility index (Phi) is 3.29. The van der Waals surface area contributed by atoms with E-state index < -0.39 is 0 Å². The molecule has 0 saturated heterocycles. The Morgan fingerprint density at radius 1 is 1.24 bits per heavy atom. The second kappa shape index (κ2) is 4.72. The lowest BCUT2D eigenvalue weighted by atomic mass is 10.0. The first kappa shape index (κ1) is 11.9. The molecule has 2 aromatic rings. The highest BCUT2D eigenvalue weighted by atomic mass is 15.1. The van der Waals surface area contributed by atoms with Gasteiger partial charge in [-0.05, 0) is 44.0 Å². The molecule has 0 aliphatic heterocycles. The van der Waals surface area contributed by atoms with E-state index in [1.165, 1.54) is 11.1 Å². The first-order chi connectivity index (χ1) is 8.06. The van der Waals surface area contributed by atoms with Crippen molar-refractivity contribution in [2.75, 3.05) is 0 Å². The lowest BCUT2D eigenvalue weighted by molar-refractivity contribution is 0.719. The topological polar surface area (TPSA) is 54.7 Å². The number of aryl methyl sites for hydroxylation is 2. The van der Waals surface area contributed by atoms with Crippen LogP contribution in [0.2, 0.25) is 0 Å². The van der Waals surface area contributed by atoms with Gasteiger partial charge in [0.1, 0.15) is 0 Å². The van der Waals surface area contributed by atoms with E-state index in [2.05, 4.69) is 48.3 Å². The van der Waals surface area contributed by atoms with Crippen LogP contribution in [-0.4, -0.2) is 16.2 Å². The second-order valence-corrected chi connectivity index (χ2v) is 4.76. The highest BCUT2D eigenvalue weighted by molar-refractivity contribution is 5.61. The Bertz CT molecular complexity index is 512. The Labute approximate surface area is 102 Å². The van der Waals surface area contributed by atoms with E-state index in [0.717, 1.165) is 23.4 Å². The van der Waals surface area contributed by atoms with Gasteiger partial charge in [0.15, 0.2) is 0 Å². The largest absolute Gasteiger partial charge is 0.328 e. The van der Waals surface area contributed by atoms with Gasteiger partial charge in [0.05, 0.1) is 5.69 Å². The molecular formula is C14H19N3. The molecule has 0 fully saturated rings. The van der Waals surface area contributed by atoms with E-state index >= 15 is 0 Å². The molecule has 3 nitrogen and oxygen atoms in total. The molecule has 3 N–H and O–H groups in total. The van der Waals surface area contributed by atoms with Crippen molar-refractivity contribution in [1.29, 1.82) is 0 Å². The van der Waals surface area contributed by atoms with Gasteiger partial charge < -0.3 is 5.73 Å². The fraction of sp³-hybridized carbons (Fsp3) is 0.357. The van der Waals surface area contributed by atoms with E-state index in [4.69, 9.17) is 5.73 Å². The normalized spacial score (nSPS) is 12.7. The summed E-state index contributed by atoms with van der Waals surface area (Å²) in [4.78, 5) is 0. The Morgan fingerprint density at radius 3 is 2.65 bits per heavy atom. The molecule has 0 aliphatic carbocycles. The first-order valence-electron chi connectivity index (χ1n) is 5.94. The van der Waals surface area contributed by atoms with E-state index in [1.54, 1.807) is 0 Å². The van der Waals surface area contributed by atoms with Gasteiger partial charge in [-0.2, -0.15) is 5.10 Å². The second-order valence-electron chi connectivity index (χ2n) is 4.76. The van der Waals surface area contributed by atoms with Crippen molar-refractivity contribution in [1.82, 2.24) is 10.2 Å². The Balaban J connectivity index is 2.27. The molecule has 3 heteroatoms. The summed E-state index contributed by atoms with van der Waals surface area (Å²) in [7, 11) is 0. The van der Waals surface area contributed by atoms with Crippen molar-refractivity contribution < 1.29 is 0 Å². The third-order valence-corrected chi connectivity index (χ3v) is 2.98. The third-order valence-electron chi connectivity index (χ3n) is 2.98. The smallest absolute Gasteiger partial charge is 0.0923 e. The van der Waals surface area contributed by atoms with Crippen molar-refractivity contribution in [3.63, 3.8) is 0 Å². The number of benzene rings is 1. The predicted molar refractivity (Wildman–Crippen MR) is 70.9 cm³/mol. The highest BCUT2D eigenvalue weighted by Gasteiger charge is 2.06. The summed E-state index contributed by atoms with van der Waals surface area (Å²) in [6.07, 6.45) is 0.831. The van der Waals surface area contributed by atoms with Crippen LogP contribution < -0.4 is 5.73 Å². The lowest BCUT2D eigenvalue weighted by Gasteiger charge is -2.02. The number of hydrogen-bond donors (Lipinski definition) is 2. The molecule has 90 valence electrons. The van der Waals surface area contributed by atoms with Crippen LogP contribution in [-0.2, 0) is 6.42 Å². The minimum Gasteiger partial charge on any atom is -0.328 e. The molecule has 17 heavy (non-hydrogen) atoms. The van der Waals surface area contributed by atoms with Gasteiger partial charge in [0, 0.05) is 23.7 Å². The van der Waals surface area contributed by atoms with Gasteiger partial charge >= 0.3 is 0 Å². The summed E-state index contributed by atoms with van der Waals surface area (Å²) in [5, 5.41) is 7.37. The highest BCUT2D eigenvalue weighted by Crippen LogP contribution is 2.21. The molecule has 1 heterocycles. The van der Waals surface area contributed by atoms with Gasteiger partial charge in [-0.15, -0.1) is 0 Å². The third kappa shape index (κ3) is 2.74. The average Bonchev–Trinajstić information content (AvgIpc) is 2.69. The van der Waals surface area contributed by atoms with Crippen molar-refractivity contribution in [3.05, 3.63) is 41.1 Å². The van der Waals surface area contributed by atoms with Crippen LogP contribution in [0, 0.1) is 13.8 Å². The van der Waals surface area contributed by atoms with E-state index in [9.17, 15) is 0 Å². The molecular weight excluding hydrogens is 210 g/mol. The van der Waals surface area contributed by atoms with E-state index in [-0.39, 0.29) is 6.04 Å². The fourth-order valence-electron chi connectivity index (χ4n) is 1.86. The van der Waals surface area contributed by atoms with Crippen LogP contribution in [0.25, 0.3) is 11.3 Å². The molecule has 0 spiro atoms. The standard InChI is InChI=1S/C14H19N3/c1-9-4-5-12(6-10(9)2)14-8-13(16-17-14)7-11(3)15/h4-6,8,11H,7,15H2,1-3H3,(H,16,17). The van der Waals surface area contributed by atoms with Crippen LogP contribution in [0.1, 0.15) is 23.7 Å². The molecule has 0 radical (unpaired) electrons. The Hall–Kier alpha value is -1.61. The van der Waals surface area contributed by atoms with Gasteiger partial charge in [-0.1, -0.05) is 12.1 Å². The lowest BCUT2D eigenvalue weighted by Crippen LogP contribution is -2.17. The van der Waals surface area contributed by atoms with Gasteiger partial charge in [-0.3, -0.25) is 5.10 Å². The van der Waals surface area contributed by atoms with Crippen LogP contribution in [0.4, 0.5) is 0 Å². The number of nitrogens with zero attached hydrogens (tertiary/aromatic N) is 1. The summed E-state index contributed by atoms with van der Waals surface area (Å²) >= 11 is 0. The number of hydrogen-bond acceptors (Lipinski definition) is 2. The molecule has 2 rings (SSSR count). The van der Waals surface area contributed by atoms with E-state index in [0.29, 0.717) is 0 Å². The average molecular weight is 229 g/mol. The number of nitrogens with two attached hydrogens (primary N) is 1. The van der Waals surface area contributed by atoms with Crippen LogP contribution in [0.5, 0.6) is 0 Å². The molecule has 1 aromatic heterocycles. The number of aromatic nitrogens is 2. The maximum atomic E-state index is 5.77. The minimum atomic E-state index is 0.156. The summed E-state index contributed by atoms with van der Waals surface area (Å²) < 4.78 is 0. The van der Waals surface area contributed by atoms with Crippen molar-refractivity contribution in [2.45, 2.75) is 33.2 Å². The van der Waals surface area contributed by atoms with E-state index in [1.807, 2.05) is 6.92 Å². The first-order valence-corrected chi connectivity index (χ1v) is 5.94. The molecule has 0 amide bonds. The monoisotopic (exact) mass is 229 g/mol. The molecule has 0 bridgehead atoms. The van der Waals surface area contributed by atoms with Crippen LogP contribution in [0.3, 0.4) is 0 Å². The zero-order valence-corrected chi connectivity index (χ0v) is 10.6. The van der Waals surface area contributed by atoms with Crippen molar-refractivity contribution in [2.24, 2.45) is 5.73 Å². The zero-order valence-electron chi connectivity index (χ0n) is 10.6. The summed E-state index contributed by atoms with van der Waals surface area (Å²) in [5.41, 5.74) is 11.6. The number of H-pyrrole nitrogens is 1. The van der Waals surface area contributed by atoms with Crippen LogP contribution in [0.15, 0.2) is 24.3 Å². The molecule has 1 unspecified atom stereocenters. The molecule has 0 aliphatic rings. The zero-order chi connectivity index (χ0) is 12.4. The van der Waals surface area contributed by atoms with Gasteiger partial charge in [0.25, 0.3) is 0 Å². The SMILES string of the molecule is Cc1ccc(-c2cc(CC(C)N)[nH]n2)cc1C. The quantitative estimate of drug-likeness (QED) is 0.850. The maximum Gasteiger partial charge on any atom is 0.0923 e. The summed E-state index contributed by atoms with van der Waals surface area (Å²) in [6.45, 7) is 6.23. The summed E-state index contributed by atoms with van der Waals surface area (Å²) in [6, 6.07) is 8.64. The molecule has 0 saturated carbocycles. The fourth-order valence-corrected chi connectivity index (χ4v) is 1.86. The maximum absolute atomic E-state index is 5.77. The molecule has 1 aromatic carbocycles. The number of rotatable bonds is 3. The van der Waals surface area contributed by atoms with Crippen molar-refractivity contribution >= 4 is 0 Å².